The zero-order valence-electron chi connectivity index (χ0n) is 9.95. The Morgan fingerprint density at radius 2 is 2.06 bits per heavy atom. The van der Waals surface area contributed by atoms with E-state index >= 15 is 0 Å². The molecule has 6 heteroatoms. The third kappa shape index (κ3) is 6.55. The summed E-state index contributed by atoms with van der Waals surface area (Å²) in [4.78, 5) is 21.9. The first-order chi connectivity index (χ1) is 7.51. The quantitative estimate of drug-likeness (QED) is 0.648. The molecule has 0 heterocycles. The largest absolute Gasteiger partial charge is 0.469 e. The molecule has 0 aromatic heterocycles. The molecule has 0 aromatic rings. The van der Waals surface area contributed by atoms with Gasteiger partial charge in [-0.05, 0) is 6.42 Å². The van der Waals surface area contributed by atoms with Gasteiger partial charge in [0, 0.05) is 35.8 Å². The lowest BCUT2D eigenvalue weighted by atomic mass is 10.2. The van der Waals surface area contributed by atoms with Crippen molar-refractivity contribution in [1.29, 1.82) is 0 Å². The summed E-state index contributed by atoms with van der Waals surface area (Å²) in [6.45, 7) is 1.68. The number of carbonyl (C=O) groups is 2. The fourth-order valence-electron chi connectivity index (χ4n) is 1.15. The van der Waals surface area contributed by atoms with Crippen molar-refractivity contribution in [2.45, 2.75) is 19.8 Å². The highest BCUT2D eigenvalue weighted by Gasteiger charge is 2.16. The number of hydrogen-bond acceptors (Lipinski definition) is 4. The highest BCUT2D eigenvalue weighted by molar-refractivity contribution is 7.85. The molecule has 0 aliphatic carbocycles. The van der Waals surface area contributed by atoms with Crippen molar-refractivity contribution in [2.75, 3.05) is 25.7 Å². The summed E-state index contributed by atoms with van der Waals surface area (Å²) in [5.74, 6) is -0.0293. The monoisotopic (exact) mass is 249 g/mol. The van der Waals surface area contributed by atoms with E-state index in [1.165, 1.54) is 7.11 Å². The van der Waals surface area contributed by atoms with Crippen LogP contribution in [0.25, 0.3) is 0 Å². The van der Waals surface area contributed by atoms with Crippen LogP contribution >= 0.6 is 0 Å². The molecule has 16 heavy (non-hydrogen) atoms. The molecule has 1 N–H and O–H groups in total. The van der Waals surface area contributed by atoms with Crippen molar-refractivity contribution >= 4 is 22.7 Å². The van der Waals surface area contributed by atoms with Crippen LogP contribution in [-0.2, 0) is 25.1 Å². The maximum atomic E-state index is 11.5. The normalized spacial score (nSPS) is 13.9. The Morgan fingerprint density at radius 1 is 1.44 bits per heavy atom. The highest BCUT2D eigenvalue weighted by atomic mass is 32.2. The van der Waals surface area contributed by atoms with Gasteiger partial charge in [-0.2, -0.15) is 0 Å². The highest BCUT2D eigenvalue weighted by Crippen LogP contribution is 2.03. The fraction of sp³-hybridized carbons (Fsp3) is 0.800. The van der Waals surface area contributed by atoms with E-state index in [-0.39, 0.29) is 17.8 Å². The number of methoxy groups -OCH3 is 1. The minimum atomic E-state index is -1.07. The lowest BCUT2D eigenvalue weighted by molar-refractivity contribution is -0.144. The first kappa shape index (κ1) is 15.1. The van der Waals surface area contributed by atoms with Crippen LogP contribution in [0, 0.1) is 5.92 Å². The van der Waals surface area contributed by atoms with E-state index < -0.39 is 10.8 Å². The van der Waals surface area contributed by atoms with E-state index in [4.69, 9.17) is 0 Å². The van der Waals surface area contributed by atoms with Gasteiger partial charge in [-0.1, -0.05) is 6.92 Å². The third-order valence-corrected chi connectivity index (χ3v) is 3.71. The number of ether oxygens (including phenoxy) is 1. The Balaban J connectivity index is 3.74. The van der Waals surface area contributed by atoms with Crippen LogP contribution in [0.5, 0.6) is 0 Å². The molecule has 0 aliphatic rings. The van der Waals surface area contributed by atoms with Crippen molar-refractivity contribution < 1.29 is 18.5 Å². The molecule has 2 atom stereocenters. The Morgan fingerprint density at radius 3 is 2.56 bits per heavy atom. The summed E-state index contributed by atoms with van der Waals surface area (Å²) in [6, 6.07) is 0. The summed E-state index contributed by atoms with van der Waals surface area (Å²) in [6.07, 6.45) is 0.940. The van der Waals surface area contributed by atoms with Gasteiger partial charge in [-0.25, -0.2) is 0 Å². The fourth-order valence-corrected chi connectivity index (χ4v) is 2.48. The Kier molecular flexibility index (Phi) is 7.80. The molecule has 0 aromatic carbocycles. The maximum absolute atomic E-state index is 11.5. The molecule has 0 rings (SSSR count). The molecule has 94 valence electrons. The summed E-state index contributed by atoms with van der Waals surface area (Å²) in [5.41, 5.74) is 0. The summed E-state index contributed by atoms with van der Waals surface area (Å²) in [7, 11) is 1.81. The molecule has 2 unspecified atom stereocenters. The van der Waals surface area contributed by atoms with E-state index in [1.54, 1.807) is 14.0 Å². The molecule has 0 saturated carbocycles. The van der Waals surface area contributed by atoms with E-state index in [9.17, 15) is 13.8 Å². The van der Waals surface area contributed by atoms with Gasteiger partial charge >= 0.3 is 5.97 Å². The van der Waals surface area contributed by atoms with Crippen molar-refractivity contribution in [3.8, 4) is 0 Å². The van der Waals surface area contributed by atoms with E-state index in [0.29, 0.717) is 24.3 Å². The second-order valence-electron chi connectivity index (χ2n) is 3.51. The minimum absolute atomic E-state index is 0.0574. The Hall–Kier alpha value is -0.910. The molecule has 1 amide bonds. The standard InChI is InChI=1S/C10H19NO4S/c1-8(10(13)15-3)7-16(14)6-4-5-9(12)11-2/h8H,4-7H2,1-3H3,(H,11,12). The number of rotatable bonds is 7. The molecule has 0 bridgehead atoms. The molecular weight excluding hydrogens is 230 g/mol. The average molecular weight is 249 g/mol. The van der Waals surface area contributed by atoms with Gasteiger partial charge in [0.25, 0.3) is 0 Å². The Bertz CT molecular complexity index is 268. The topological polar surface area (TPSA) is 72.5 Å². The van der Waals surface area contributed by atoms with Gasteiger partial charge in [0.2, 0.25) is 5.91 Å². The smallest absolute Gasteiger partial charge is 0.309 e. The van der Waals surface area contributed by atoms with Crippen LogP contribution in [0.3, 0.4) is 0 Å². The van der Waals surface area contributed by atoms with Gasteiger partial charge in [0.05, 0.1) is 13.0 Å². The summed E-state index contributed by atoms with van der Waals surface area (Å²) < 4.78 is 16.1. The van der Waals surface area contributed by atoms with E-state index in [0.717, 1.165) is 0 Å². The van der Waals surface area contributed by atoms with Crippen molar-refractivity contribution in [1.82, 2.24) is 5.32 Å². The van der Waals surface area contributed by atoms with Gasteiger partial charge < -0.3 is 10.1 Å². The molecule has 0 fully saturated rings. The van der Waals surface area contributed by atoms with Gasteiger partial charge in [0.1, 0.15) is 0 Å². The van der Waals surface area contributed by atoms with E-state index in [1.807, 2.05) is 0 Å². The van der Waals surface area contributed by atoms with Crippen LogP contribution < -0.4 is 5.32 Å². The molecule has 0 aliphatic heterocycles. The first-order valence-corrected chi connectivity index (χ1v) is 6.63. The van der Waals surface area contributed by atoms with Crippen LogP contribution in [-0.4, -0.2) is 41.7 Å². The number of carbonyl (C=O) groups excluding carboxylic acids is 2. The summed E-state index contributed by atoms with van der Waals surface area (Å²) >= 11 is 0. The zero-order valence-corrected chi connectivity index (χ0v) is 10.8. The summed E-state index contributed by atoms with van der Waals surface area (Å²) in [5, 5.41) is 2.49. The van der Waals surface area contributed by atoms with Gasteiger partial charge in [-0.3, -0.25) is 13.8 Å². The van der Waals surface area contributed by atoms with Crippen LogP contribution in [0.2, 0.25) is 0 Å². The van der Waals surface area contributed by atoms with E-state index in [2.05, 4.69) is 10.1 Å². The number of nitrogens with one attached hydrogen (secondary N) is 1. The number of amides is 1. The Labute approximate surface area is 98.4 Å². The number of hydrogen-bond donors (Lipinski definition) is 1. The lowest BCUT2D eigenvalue weighted by Gasteiger charge is -2.08. The average Bonchev–Trinajstić information content (AvgIpc) is 2.27. The van der Waals surface area contributed by atoms with Crippen LogP contribution in [0.4, 0.5) is 0 Å². The van der Waals surface area contributed by atoms with Crippen LogP contribution in [0.1, 0.15) is 19.8 Å². The van der Waals surface area contributed by atoms with Gasteiger partial charge in [0.15, 0.2) is 0 Å². The van der Waals surface area contributed by atoms with Crippen LogP contribution in [0.15, 0.2) is 0 Å². The third-order valence-electron chi connectivity index (χ3n) is 2.09. The zero-order chi connectivity index (χ0) is 12.6. The molecule has 5 nitrogen and oxygen atoms in total. The molecule has 0 saturated heterocycles. The first-order valence-electron chi connectivity index (χ1n) is 5.14. The molecule has 0 radical (unpaired) electrons. The predicted octanol–water partition coefficient (Wildman–Crippen LogP) is 0.0704. The van der Waals surface area contributed by atoms with Gasteiger partial charge in [-0.15, -0.1) is 0 Å². The minimum Gasteiger partial charge on any atom is -0.469 e. The predicted molar refractivity (Wildman–Crippen MR) is 62.4 cm³/mol. The number of esters is 1. The molecule has 0 spiro atoms. The maximum Gasteiger partial charge on any atom is 0.309 e. The second kappa shape index (κ2) is 8.27. The van der Waals surface area contributed by atoms with Crippen molar-refractivity contribution in [3.63, 3.8) is 0 Å². The second-order valence-corrected chi connectivity index (χ2v) is 5.13. The lowest BCUT2D eigenvalue weighted by Crippen LogP contribution is -2.22. The van der Waals surface area contributed by atoms with Crippen molar-refractivity contribution in [2.24, 2.45) is 5.92 Å². The SMILES string of the molecule is CNC(=O)CCCS(=O)CC(C)C(=O)OC. The van der Waals surface area contributed by atoms with Crippen molar-refractivity contribution in [3.05, 3.63) is 0 Å². The molecular formula is C10H19NO4S.